The molecule has 0 spiro atoms. The highest BCUT2D eigenvalue weighted by Gasteiger charge is 2.31. The molecule has 2 N–H and O–H groups in total. The van der Waals surface area contributed by atoms with E-state index in [2.05, 4.69) is 5.32 Å². The van der Waals surface area contributed by atoms with Gasteiger partial charge < -0.3 is 10.4 Å². The number of alkyl halides is 3. The summed E-state index contributed by atoms with van der Waals surface area (Å²) in [5, 5.41) is 11.7. The highest BCUT2D eigenvalue weighted by molar-refractivity contribution is 5.48. The number of aliphatic hydroxyl groups excluding tert-OH is 1. The molecule has 96 valence electrons. The lowest BCUT2D eigenvalue weighted by atomic mass is 10.1. The summed E-state index contributed by atoms with van der Waals surface area (Å²) >= 11 is 0. The smallest absolute Gasteiger partial charge is 0.391 e. The molecule has 0 aliphatic carbocycles. The van der Waals surface area contributed by atoms with Crippen molar-refractivity contribution in [3.63, 3.8) is 0 Å². The second-order valence-corrected chi connectivity index (χ2v) is 3.87. The fourth-order valence-corrected chi connectivity index (χ4v) is 1.18. The van der Waals surface area contributed by atoms with Gasteiger partial charge in [-0.2, -0.15) is 13.2 Å². The summed E-state index contributed by atoms with van der Waals surface area (Å²) in [6, 6.07) is 1.56. The van der Waals surface area contributed by atoms with Crippen molar-refractivity contribution in [3.8, 4) is 0 Å². The van der Waals surface area contributed by atoms with Gasteiger partial charge in [-0.15, -0.1) is 0 Å². The Morgan fingerprint density at radius 2 is 1.82 bits per heavy atom. The summed E-state index contributed by atoms with van der Waals surface area (Å²) in [6.45, 7) is 3.01. The molecular weight excluding hydrogens is 238 g/mol. The van der Waals surface area contributed by atoms with Crippen LogP contribution in [-0.2, 0) is 6.18 Å². The summed E-state index contributed by atoms with van der Waals surface area (Å²) in [7, 11) is 0. The minimum atomic E-state index is -4.52. The Labute approximate surface area is 96.3 Å². The van der Waals surface area contributed by atoms with Crippen molar-refractivity contribution in [2.24, 2.45) is 0 Å². The second-order valence-electron chi connectivity index (χ2n) is 3.87. The van der Waals surface area contributed by atoms with Crippen molar-refractivity contribution in [3.05, 3.63) is 29.6 Å². The van der Waals surface area contributed by atoms with Crippen molar-refractivity contribution in [2.45, 2.75) is 32.2 Å². The molecule has 0 saturated carbocycles. The molecule has 0 aliphatic heterocycles. The van der Waals surface area contributed by atoms with E-state index in [4.69, 9.17) is 0 Å². The van der Waals surface area contributed by atoms with Crippen LogP contribution in [-0.4, -0.2) is 17.3 Å². The van der Waals surface area contributed by atoms with Crippen LogP contribution in [0.1, 0.15) is 19.4 Å². The van der Waals surface area contributed by atoms with Crippen LogP contribution in [0.2, 0.25) is 0 Å². The van der Waals surface area contributed by atoms with Crippen molar-refractivity contribution in [1.29, 1.82) is 0 Å². The normalized spacial score (nSPS) is 15.5. The van der Waals surface area contributed by atoms with Gasteiger partial charge in [0.15, 0.2) is 0 Å². The van der Waals surface area contributed by atoms with Crippen molar-refractivity contribution < 1.29 is 22.7 Å². The molecule has 1 aromatic carbocycles. The van der Waals surface area contributed by atoms with E-state index in [1.807, 2.05) is 0 Å². The Morgan fingerprint density at radius 1 is 1.24 bits per heavy atom. The predicted molar refractivity (Wildman–Crippen MR) is 56.2 cm³/mol. The molecule has 0 fully saturated rings. The Balaban J connectivity index is 2.99. The Morgan fingerprint density at radius 3 is 2.29 bits per heavy atom. The molecule has 6 heteroatoms. The van der Waals surface area contributed by atoms with Gasteiger partial charge in [-0.25, -0.2) is 4.39 Å². The first-order chi connectivity index (χ1) is 7.71. The average molecular weight is 251 g/mol. The molecule has 2 nitrogen and oxygen atoms in total. The number of anilines is 1. The van der Waals surface area contributed by atoms with Crippen molar-refractivity contribution in [2.75, 3.05) is 5.32 Å². The van der Waals surface area contributed by atoms with E-state index in [9.17, 15) is 22.7 Å². The minimum absolute atomic E-state index is 0.270. The highest BCUT2D eigenvalue weighted by Crippen LogP contribution is 2.32. The van der Waals surface area contributed by atoms with Crippen LogP contribution in [0, 0.1) is 5.82 Å². The van der Waals surface area contributed by atoms with Gasteiger partial charge in [-0.3, -0.25) is 0 Å². The van der Waals surface area contributed by atoms with Crippen LogP contribution in [0.15, 0.2) is 18.2 Å². The van der Waals surface area contributed by atoms with E-state index in [-0.39, 0.29) is 5.69 Å². The first-order valence-electron chi connectivity index (χ1n) is 5.03. The highest BCUT2D eigenvalue weighted by atomic mass is 19.4. The van der Waals surface area contributed by atoms with E-state index in [0.29, 0.717) is 12.1 Å². The summed E-state index contributed by atoms with van der Waals surface area (Å²) < 4.78 is 50.5. The van der Waals surface area contributed by atoms with Gasteiger partial charge in [-0.1, -0.05) is 0 Å². The first-order valence-corrected chi connectivity index (χ1v) is 5.03. The summed E-state index contributed by atoms with van der Waals surface area (Å²) in [5.74, 6) is -0.787. The Bertz CT molecular complexity index is 390. The predicted octanol–water partition coefficient (Wildman–Crippen LogP) is 3.03. The zero-order chi connectivity index (χ0) is 13.2. The quantitative estimate of drug-likeness (QED) is 0.809. The zero-order valence-corrected chi connectivity index (χ0v) is 9.35. The van der Waals surface area contributed by atoms with Gasteiger partial charge in [-0.05, 0) is 32.0 Å². The maximum atomic E-state index is 13.3. The van der Waals surface area contributed by atoms with Crippen LogP contribution in [0.25, 0.3) is 0 Å². The molecule has 0 radical (unpaired) electrons. The third-order valence-corrected chi connectivity index (χ3v) is 2.40. The monoisotopic (exact) mass is 251 g/mol. The van der Waals surface area contributed by atoms with Gasteiger partial charge >= 0.3 is 6.18 Å². The molecule has 2 unspecified atom stereocenters. The fourth-order valence-electron chi connectivity index (χ4n) is 1.18. The Kier molecular flexibility index (Phi) is 3.98. The van der Waals surface area contributed by atoms with E-state index < -0.39 is 29.7 Å². The van der Waals surface area contributed by atoms with Crippen LogP contribution < -0.4 is 5.32 Å². The lowest BCUT2D eigenvalue weighted by molar-refractivity contribution is -0.137. The molecule has 0 aliphatic rings. The first kappa shape index (κ1) is 13.8. The Hall–Kier alpha value is -1.30. The molecule has 1 rings (SSSR count). The average Bonchev–Trinajstić information content (AvgIpc) is 2.19. The van der Waals surface area contributed by atoms with Crippen molar-refractivity contribution in [1.82, 2.24) is 0 Å². The SMILES string of the molecule is CC(O)C(C)Nc1cc(C(F)(F)F)ccc1F. The third kappa shape index (κ3) is 3.59. The van der Waals surface area contributed by atoms with Gasteiger partial charge in [0.1, 0.15) is 5.82 Å². The number of halogens is 4. The molecule has 2 atom stereocenters. The molecule has 17 heavy (non-hydrogen) atoms. The zero-order valence-electron chi connectivity index (χ0n) is 9.35. The van der Waals surface area contributed by atoms with Crippen LogP contribution >= 0.6 is 0 Å². The number of hydrogen-bond donors (Lipinski definition) is 2. The van der Waals surface area contributed by atoms with Crippen molar-refractivity contribution >= 4 is 5.69 Å². The summed E-state index contributed by atoms with van der Waals surface area (Å²) in [6.07, 6.45) is -5.32. The lowest BCUT2D eigenvalue weighted by Gasteiger charge is -2.19. The van der Waals surface area contributed by atoms with Crippen LogP contribution in [0.3, 0.4) is 0 Å². The third-order valence-electron chi connectivity index (χ3n) is 2.40. The maximum absolute atomic E-state index is 13.3. The fraction of sp³-hybridized carbons (Fsp3) is 0.455. The molecule has 0 heterocycles. The van der Waals surface area contributed by atoms with Crippen LogP contribution in [0.4, 0.5) is 23.2 Å². The van der Waals surface area contributed by atoms with Gasteiger partial charge in [0.25, 0.3) is 0 Å². The van der Waals surface area contributed by atoms with Crippen LogP contribution in [0.5, 0.6) is 0 Å². The number of benzene rings is 1. The molecule has 0 amide bonds. The van der Waals surface area contributed by atoms with E-state index in [1.165, 1.54) is 6.92 Å². The molecule has 0 aromatic heterocycles. The molecular formula is C11H13F4NO. The summed E-state index contributed by atoms with van der Waals surface area (Å²) in [4.78, 5) is 0. The number of hydrogen-bond acceptors (Lipinski definition) is 2. The van der Waals surface area contributed by atoms with Gasteiger partial charge in [0.2, 0.25) is 0 Å². The van der Waals surface area contributed by atoms with E-state index in [0.717, 1.165) is 6.07 Å². The summed E-state index contributed by atoms with van der Waals surface area (Å²) in [5.41, 5.74) is -1.20. The molecule has 0 bridgehead atoms. The number of aliphatic hydroxyl groups is 1. The molecule has 0 saturated heterocycles. The standard InChI is InChI=1S/C11H13F4NO/c1-6(7(2)17)16-10-5-8(11(13,14)15)3-4-9(10)12/h3-7,16-17H,1-2H3. The number of nitrogens with one attached hydrogen (secondary N) is 1. The van der Waals surface area contributed by atoms with E-state index in [1.54, 1.807) is 6.92 Å². The maximum Gasteiger partial charge on any atom is 0.416 e. The van der Waals surface area contributed by atoms with Gasteiger partial charge in [0, 0.05) is 6.04 Å². The lowest BCUT2D eigenvalue weighted by Crippen LogP contribution is -2.28. The minimum Gasteiger partial charge on any atom is -0.391 e. The topological polar surface area (TPSA) is 32.3 Å². The van der Waals surface area contributed by atoms with Gasteiger partial charge in [0.05, 0.1) is 17.4 Å². The molecule has 1 aromatic rings. The largest absolute Gasteiger partial charge is 0.416 e. The van der Waals surface area contributed by atoms with E-state index >= 15 is 0 Å². The number of rotatable bonds is 3. The second kappa shape index (κ2) is 4.91.